The van der Waals surface area contributed by atoms with Gasteiger partial charge in [-0.25, -0.2) is 9.97 Å². The Balaban J connectivity index is 2.66. The second-order valence-electron chi connectivity index (χ2n) is 1.58. The lowest BCUT2D eigenvalue weighted by atomic mass is 10.7. The first-order valence-corrected chi connectivity index (χ1v) is 2.61. The minimum Gasteiger partial charge on any atom is -0.371 e. The largest absolute Gasteiger partial charge is 0.575 e. The number of aromatic nitrogens is 2. The Bertz CT molecular complexity index is 223. The highest BCUT2D eigenvalue weighted by Crippen LogP contribution is 2.17. The van der Waals surface area contributed by atoms with E-state index in [-0.39, 0.29) is 0 Å². The number of hydrogen-bond acceptors (Lipinski definition) is 3. The monoisotopic (exact) mass is 164 g/mol. The predicted molar refractivity (Wildman–Crippen MR) is 28.7 cm³/mol. The van der Waals surface area contributed by atoms with E-state index in [0.717, 1.165) is 12.4 Å². The van der Waals surface area contributed by atoms with Crippen molar-refractivity contribution in [3.63, 3.8) is 0 Å². The van der Waals surface area contributed by atoms with Crippen molar-refractivity contribution in [2.24, 2.45) is 0 Å². The van der Waals surface area contributed by atoms with Crippen molar-refractivity contribution in [3.8, 4) is 6.01 Å². The maximum absolute atomic E-state index is 11.4. The van der Waals surface area contributed by atoms with Crippen molar-refractivity contribution in [1.82, 2.24) is 9.97 Å². The van der Waals surface area contributed by atoms with E-state index < -0.39 is 12.4 Å². The predicted octanol–water partition coefficient (Wildman–Crippen LogP) is 1.38. The summed E-state index contributed by atoms with van der Waals surface area (Å²) in [7, 11) is 0. The zero-order valence-electron chi connectivity index (χ0n) is 5.17. The number of halogens is 3. The Morgan fingerprint density at radius 1 is 1.18 bits per heavy atom. The van der Waals surface area contributed by atoms with Crippen LogP contribution in [0.25, 0.3) is 0 Å². The fourth-order valence-corrected chi connectivity index (χ4v) is 0.442. The van der Waals surface area contributed by atoms with E-state index in [4.69, 9.17) is 0 Å². The summed E-state index contributed by atoms with van der Waals surface area (Å²) < 4.78 is 37.7. The van der Waals surface area contributed by atoms with Crippen molar-refractivity contribution in [3.05, 3.63) is 18.5 Å². The Hall–Kier alpha value is -1.33. The van der Waals surface area contributed by atoms with Gasteiger partial charge in [0.1, 0.15) is 0 Å². The standard InChI is InChI=1S/C5H3F3N2O/c6-5(7,8)11-4-9-2-1-3-10-4/h1-3H. The molecule has 0 radical (unpaired) electrons. The Kier molecular flexibility index (Phi) is 1.93. The Labute approximate surface area is 59.8 Å². The molecule has 0 bridgehead atoms. The van der Waals surface area contributed by atoms with Crippen molar-refractivity contribution < 1.29 is 17.9 Å². The molecule has 0 amide bonds. The lowest BCUT2D eigenvalue weighted by Gasteiger charge is -2.04. The summed E-state index contributed by atoms with van der Waals surface area (Å²) in [5.74, 6) is 0. The normalized spacial score (nSPS) is 11.2. The van der Waals surface area contributed by atoms with Crippen LogP contribution < -0.4 is 4.74 Å². The Morgan fingerprint density at radius 2 is 1.73 bits per heavy atom. The molecule has 0 fully saturated rings. The van der Waals surface area contributed by atoms with Crippen molar-refractivity contribution >= 4 is 0 Å². The first-order chi connectivity index (χ1) is 5.08. The van der Waals surface area contributed by atoms with Gasteiger partial charge in [-0.2, -0.15) is 0 Å². The van der Waals surface area contributed by atoms with Gasteiger partial charge in [0.05, 0.1) is 0 Å². The molecule has 0 spiro atoms. The molecule has 0 aliphatic carbocycles. The van der Waals surface area contributed by atoms with E-state index in [1.165, 1.54) is 6.07 Å². The third-order valence-electron chi connectivity index (χ3n) is 0.749. The molecule has 1 aromatic heterocycles. The van der Waals surface area contributed by atoms with Crippen molar-refractivity contribution in [2.45, 2.75) is 6.36 Å². The van der Waals surface area contributed by atoms with Gasteiger partial charge in [0.15, 0.2) is 0 Å². The topological polar surface area (TPSA) is 35.0 Å². The zero-order chi connectivity index (χ0) is 8.32. The van der Waals surface area contributed by atoms with Crippen molar-refractivity contribution in [1.29, 1.82) is 0 Å². The molecule has 6 heteroatoms. The molecule has 0 saturated heterocycles. The molecule has 1 rings (SSSR count). The van der Waals surface area contributed by atoms with Crippen LogP contribution >= 0.6 is 0 Å². The van der Waals surface area contributed by atoms with Crippen LogP contribution in [0.1, 0.15) is 0 Å². The van der Waals surface area contributed by atoms with Gasteiger partial charge in [0.25, 0.3) is 0 Å². The van der Waals surface area contributed by atoms with E-state index >= 15 is 0 Å². The van der Waals surface area contributed by atoms with Gasteiger partial charge in [-0.15, -0.1) is 13.2 Å². The highest BCUT2D eigenvalue weighted by atomic mass is 19.4. The van der Waals surface area contributed by atoms with E-state index in [1.54, 1.807) is 0 Å². The molecule has 0 aliphatic rings. The first kappa shape index (κ1) is 7.77. The number of nitrogens with zero attached hydrogens (tertiary/aromatic N) is 2. The van der Waals surface area contributed by atoms with Crippen molar-refractivity contribution in [2.75, 3.05) is 0 Å². The van der Waals surface area contributed by atoms with E-state index in [1.807, 2.05) is 0 Å². The molecule has 0 N–H and O–H groups in total. The second-order valence-corrected chi connectivity index (χ2v) is 1.58. The van der Waals surface area contributed by atoms with E-state index in [9.17, 15) is 13.2 Å². The summed E-state index contributed by atoms with van der Waals surface area (Å²) in [4.78, 5) is 6.42. The van der Waals surface area contributed by atoms with Gasteiger partial charge in [-0.3, -0.25) is 0 Å². The van der Waals surface area contributed by atoms with Crippen LogP contribution in [0.5, 0.6) is 6.01 Å². The van der Waals surface area contributed by atoms with Crippen LogP contribution in [0.2, 0.25) is 0 Å². The third-order valence-corrected chi connectivity index (χ3v) is 0.749. The molecule has 0 unspecified atom stereocenters. The van der Waals surface area contributed by atoms with Gasteiger partial charge >= 0.3 is 12.4 Å². The fourth-order valence-electron chi connectivity index (χ4n) is 0.442. The lowest BCUT2D eigenvalue weighted by molar-refractivity contribution is -0.277. The molecule has 1 heterocycles. The minimum atomic E-state index is -4.72. The second kappa shape index (κ2) is 2.73. The Morgan fingerprint density at radius 3 is 2.18 bits per heavy atom. The molecule has 0 saturated carbocycles. The zero-order valence-corrected chi connectivity index (χ0v) is 5.17. The smallest absolute Gasteiger partial charge is 0.371 e. The fraction of sp³-hybridized carbons (Fsp3) is 0.200. The molecule has 11 heavy (non-hydrogen) atoms. The van der Waals surface area contributed by atoms with Crippen LogP contribution in [-0.2, 0) is 0 Å². The molecular weight excluding hydrogens is 161 g/mol. The minimum absolute atomic E-state index is 0.694. The molecule has 3 nitrogen and oxygen atoms in total. The maximum atomic E-state index is 11.4. The quantitative estimate of drug-likeness (QED) is 0.628. The average Bonchev–Trinajstić information content (AvgIpc) is 1.85. The van der Waals surface area contributed by atoms with Gasteiger partial charge in [-0.1, -0.05) is 0 Å². The first-order valence-electron chi connectivity index (χ1n) is 2.61. The lowest BCUT2D eigenvalue weighted by Crippen LogP contribution is -2.18. The SMILES string of the molecule is FC(F)(F)Oc1ncccn1. The number of ether oxygens (including phenoxy) is 1. The molecule has 0 aromatic carbocycles. The van der Waals surface area contributed by atoms with Gasteiger partial charge in [0.2, 0.25) is 0 Å². The van der Waals surface area contributed by atoms with E-state index in [2.05, 4.69) is 14.7 Å². The van der Waals surface area contributed by atoms with Crippen LogP contribution in [0, 0.1) is 0 Å². The van der Waals surface area contributed by atoms with Crippen LogP contribution in [0.15, 0.2) is 18.5 Å². The average molecular weight is 164 g/mol. The van der Waals surface area contributed by atoms with E-state index in [0.29, 0.717) is 0 Å². The summed E-state index contributed by atoms with van der Waals surface area (Å²) in [6.45, 7) is 0. The van der Waals surface area contributed by atoms with Gasteiger partial charge < -0.3 is 4.74 Å². The van der Waals surface area contributed by atoms with Crippen LogP contribution in [0.4, 0.5) is 13.2 Å². The molecule has 0 aliphatic heterocycles. The molecule has 0 atom stereocenters. The number of hydrogen-bond donors (Lipinski definition) is 0. The maximum Gasteiger partial charge on any atom is 0.575 e. The van der Waals surface area contributed by atoms with Gasteiger partial charge in [0, 0.05) is 12.4 Å². The van der Waals surface area contributed by atoms with Crippen LogP contribution in [0.3, 0.4) is 0 Å². The number of rotatable bonds is 1. The van der Waals surface area contributed by atoms with Crippen LogP contribution in [-0.4, -0.2) is 16.3 Å². The summed E-state index contributed by atoms with van der Waals surface area (Å²) in [5.41, 5.74) is 0. The summed E-state index contributed by atoms with van der Waals surface area (Å²) in [6.07, 6.45) is -2.40. The number of alkyl halides is 3. The highest BCUT2D eigenvalue weighted by molar-refractivity contribution is 4.93. The molecule has 60 valence electrons. The summed E-state index contributed by atoms with van der Waals surface area (Å²) >= 11 is 0. The summed E-state index contributed by atoms with van der Waals surface area (Å²) in [6, 6.07) is 0.698. The molecule has 1 aromatic rings. The summed E-state index contributed by atoms with van der Waals surface area (Å²) in [5, 5.41) is 0. The molecular formula is C5H3F3N2O. The highest BCUT2D eigenvalue weighted by Gasteiger charge is 2.32. The third kappa shape index (κ3) is 2.83. The van der Waals surface area contributed by atoms with Gasteiger partial charge in [-0.05, 0) is 6.07 Å².